The van der Waals surface area contributed by atoms with Crippen LogP contribution in [0.4, 0.5) is 16.2 Å². The van der Waals surface area contributed by atoms with Gasteiger partial charge in [0.2, 0.25) is 0 Å². The zero-order valence-corrected chi connectivity index (χ0v) is 13.6. The van der Waals surface area contributed by atoms with Gasteiger partial charge in [0, 0.05) is 25.1 Å². The van der Waals surface area contributed by atoms with Gasteiger partial charge >= 0.3 is 6.03 Å². The number of amides is 2. The molecule has 1 saturated heterocycles. The van der Waals surface area contributed by atoms with E-state index >= 15 is 0 Å². The number of fused-ring (bicyclic) bond motifs is 2. The summed E-state index contributed by atoms with van der Waals surface area (Å²) in [6.45, 7) is 1.57. The van der Waals surface area contributed by atoms with Crippen LogP contribution in [0.3, 0.4) is 0 Å². The molecule has 4 nitrogen and oxygen atoms in total. The van der Waals surface area contributed by atoms with Crippen molar-refractivity contribution in [1.82, 2.24) is 4.90 Å². The average Bonchev–Trinajstić information content (AvgIpc) is 2.76. The van der Waals surface area contributed by atoms with Crippen molar-refractivity contribution < 1.29 is 9.59 Å². The highest BCUT2D eigenvalue weighted by Gasteiger charge is 2.32. The molecule has 0 N–H and O–H groups in total. The molecule has 0 radical (unpaired) electrons. The molecule has 2 aliphatic heterocycles. The summed E-state index contributed by atoms with van der Waals surface area (Å²) in [5.41, 5.74) is 3.05. The number of para-hydroxylation sites is 2. The van der Waals surface area contributed by atoms with E-state index in [2.05, 4.69) is 0 Å². The number of hydrogen-bond acceptors (Lipinski definition) is 2. The number of likely N-dealkylation sites (tertiary alicyclic amines) is 1. The number of Topliss-reactive ketones (excluding diaryl/α,β-unsaturated/α-hetero) is 1. The van der Waals surface area contributed by atoms with Crippen molar-refractivity contribution in [3.8, 4) is 0 Å². The molecule has 0 aliphatic carbocycles. The van der Waals surface area contributed by atoms with Crippen LogP contribution in [0.1, 0.15) is 35.2 Å². The van der Waals surface area contributed by atoms with Crippen molar-refractivity contribution >= 4 is 23.2 Å². The SMILES string of the molecule is O=C1Cc2ccccc2N(C(=O)N2CCCCC2)c2ccccc21. The molecule has 2 amide bonds. The van der Waals surface area contributed by atoms with E-state index in [4.69, 9.17) is 0 Å². The van der Waals surface area contributed by atoms with Crippen LogP contribution in [0, 0.1) is 0 Å². The fourth-order valence-electron chi connectivity index (χ4n) is 3.61. The lowest BCUT2D eigenvalue weighted by Crippen LogP contribution is -2.43. The number of urea groups is 1. The van der Waals surface area contributed by atoms with E-state index in [0.717, 1.165) is 37.2 Å². The molecule has 2 aliphatic rings. The Kier molecular flexibility index (Phi) is 3.81. The summed E-state index contributed by atoms with van der Waals surface area (Å²) in [5.74, 6) is 0.0620. The monoisotopic (exact) mass is 320 g/mol. The van der Waals surface area contributed by atoms with Gasteiger partial charge in [0.25, 0.3) is 0 Å². The molecule has 0 bridgehead atoms. The molecule has 0 spiro atoms. The van der Waals surface area contributed by atoms with Crippen LogP contribution < -0.4 is 4.90 Å². The van der Waals surface area contributed by atoms with Crippen LogP contribution in [0.25, 0.3) is 0 Å². The summed E-state index contributed by atoms with van der Waals surface area (Å²) >= 11 is 0. The number of carbonyl (C=O) groups is 2. The van der Waals surface area contributed by atoms with Gasteiger partial charge in [0.05, 0.1) is 11.4 Å². The van der Waals surface area contributed by atoms with Crippen LogP contribution in [-0.4, -0.2) is 29.8 Å². The molecule has 0 unspecified atom stereocenters. The van der Waals surface area contributed by atoms with Gasteiger partial charge in [0.1, 0.15) is 0 Å². The highest BCUT2D eigenvalue weighted by Crippen LogP contribution is 2.37. The van der Waals surface area contributed by atoms with Gasteiger partial charge < -0.3 is 4.90 Å². The molecule has 2 aromatic carbocycles. The van der Waals surface area contributed by atoms with Crippen molar-refractivity contribution in [2.75, 3.05) is 18.0 Å². The second-order valence-electron chi connectivity index (χ2n) is 6.41. The summed E-state index contributed by atoms with van der Waals surface area (Å²) < 4.78 is 0. The minimum atomic E-state index is -0.0238. The molecule has 4 rings (SSSR count). The maximum absolute atomic E-state index is 13.3. The molecule has 0 atom stereocenters. The van der Waals surface area contributed by atoms with Gasteiger partial charge in [-0.2, -0.15) is 0 Å². The Hall–Kier alpha value is -2.62. The molecule has 24 heavy (non-hydrogen) atoms. The summed E-state index contributed by atoms with van der Waals surface area (Å²) in [5, 5.41) is 0. The van der Waals surface area contributed by atoms with Gasteiger partial charge in [-0.15, -0.1) is 0 Å². The smallest absolute Gasteiger partial charge is 0.324 e. The maximum Gasteiger partial charge on any atom is 0.329 e. The van der Waals surface area contributed by atoms with Gasteiger partial charge in [-0.1, -0.05) is 30.3 Å². The normalized spacial score (nSPS) is 17.1. The van der Waals surface area contributed by atoms with E-state index in [1.54, 1.807) is 4.90 Å². The predicted octanol–water partition coefficient (Wildman–Crippen LogP) is 4.17. The van der Waals surface area contributed by atoms with E-state index in [1.165, 1.54) is 6.42 Å². The summed E-state index contributed by atoms with van der Waals surface area (Å²) in [7, 11) is 0. The Balaban J connectivity index is 1.86. The van der Waals surface area contributed by atoms with Crippen molar-refractivity contribution in [2.24, 2.45) is 0 Å². The largest absolute Gasteiger partial charge is 0.329 e. The third kappa shape index (κ3) is 2.48. The lowest BCUT2D eigenvalue weighted by molar-refractivity contribution is 0.0994. The number of ketones is 1. The highest BCUT2D eigenvalue weighted by atomic mass is 16.2. The molecular weight excluding hydrogens is 300 g/mol. The second-order valence-corrected chi connectivity index (χ2v) is 6.41. The van der Waals surface area contributed by atoms with Gasteiger partial charge in [0.15, 0.2) is 5.78 Å². The average molecular weight is 320 g/mol. The zero-order valence-electron chi connectivity index (χ0n) is 13.6. The molecule has 2 heterocycles. The lowest BCUT2D eigenvalue weighted by atomic mass is 10.0. The van der Waals surface area contributed by atoms with Crippen LogP contribution in [-0.2, 0) is 6.42 Å². The minimum absolute atomic E-state index is 0.0238. The van der Waals surface area contributed by atoms with Gasteiger partial charge in [-0.05, 0) is 43.0 Å². The first-order chi connectivity index (χ1) is 11.8. The fourth-order valence-corrected chi connectivity index (χ4v) is 3.61. The van der Waals surface area contributed by atoms with Crippen molar-refractivity contribution in [2.45, 2.75) is 25.7 Å². The Morgan fingerprint density at radius 2 is 1.50 bits per heavy atom. The summed E-state index contributed by atoms with van der Waals surface area (Å²) in [6.07, 6.45) is 3.59. The van der Waals surface area contributed by atoms with E-state index in [-0.39, 0.29) is 11.8 Å². The molecule has 2 aromatic rings. The lowest BCUT2D eigenvalue weighted by Gasteiger charge is -2.33. The Morgan fingerprint density at radius 1 is 0.833 bits per heavy atom. The van der Waals surface area contributed by atoms with E-state index in [0.29, 0.717) is 17.7 Å². The van der Waals surface area contributed by atoms with Crippen molar-refractivity contribution in [3.05, 3.63) is 59.7 Å². The van der Waals surface area contributed by atoms with Crippen LogP contribution in [0.5, 0.6) is 0 Å². The molecule has 1 fully saturated rings. The summed E-state index contributed by atoms with van der Waals surface area (Å²) in [4.78, 5) is 29.6. The molecular formula is C20H20N2O2. The number of anilines is 2. The number of benzene rings is 2. The first-order valence-electron chi connectivity index (χ1n) is 8.55. The number of carbonyl (C=O) groups excluding carboxylic acids is 2. The zero-order chi connectivity index (χ0) is 16.5. The Bertz CT molecular complexity index is 794. The number of hydrogen-bond donors (Lipinski definition) is 0. The topological polar surface area (TPSA) is 40.6 Å². The standard InChI is InChI=1S/C20H20N2O2/c23-19-14-15-8-2-4-10-17(15)22(18-11-5-3-9-16(18)19)20(24)21-12-6-1-7-13-21/h2-5,8-11H,1,6-7,12-14H2. The third-order valence-corrected chi connectivity index (χ3v) is 4.85. The van der Waals surface area contributed by atoms with Crippen LogP contribution in [0.15, 0.2) is 48.5 Å². The molecule has 0 aromatic heterocycles. The molecule has 122 valence electrons. The van der Waals surface area contributed by atoms with Gasteiger partial charge in [-0.3, -0.25) is 9.69 Å². The Morgan fingerprint density at radius 3 is 2.29 bits per heavy atom. The minimum Gasteiger partial charge on any atom is -0.324 e. The highest BCUT2D eigenvalue weighted by molar-refractivity contribution is 6.12. The fraction of sp³-hybridized carbons (Fsp3) is 0.300. The molecule has 0 saturated carbocycles. The number of rotatable bonds is 0. The van der Waals surface area contributed by atoms with Crippen LogP contribution in [0.2, 0.25) is 0 Å². The first-order valence-corrected chi connectivity index (χ1v) is 8.55. The van der Waals surface area contributed by atoms with Crippen molar-refractivity contribution in [1.29, 1.82) is 0 Å². The maximum atomic E-state index is 13.3. The third-order valence-electron chi connectivity index (χ3n) is 4.85. The molecule has 4 heteroatoms. The van der Waals surface area contributed by atoms with Gasteiger partial charge in [-0.25, -0.2) is 4.79 Å². The second kappa shape index (κ2) is 6.11. The predicted molar refractivity (Wildman–Crippen MR) is 93.9 cm³/mol. The number of piperidine rings is 1. The quantitative estimate of drug-likeness (QED) is 0.731. The number of nitrogens with zero attached hydrogens (tertiary/aromatic N) is 2. The van der Waals surface area contributed by atoms with Crippen LogP contribution >= 0.6 is 0 Å². The first kappa shape index (κ1) is 14.9. The van der Waals surface area contributed by atoms with E-state index in [9.17, 15) is 9.59 Å². The van der Waals surface area contributed by atoms with E-state index in [1.807, 2.05) is 53.4 Å². The summed E-state index contributed by atoms with van der Waals surface area (Å²) in [6, 6.07) is 15.1. The Labute approximate surface area is 141 Å². The van der Waals surface area contributed by atoms with Crippen molar-refractivity contribution in [3.63, 3.8) is 0 Å². The van der Waals surface area contributed by atoms with E-state index < -0.39 is 0 Å².